The van der Waals surface area contributed by atoms with Gasteiger partial charge in [-0.2, -0.15) is 5.26 Å². The van der Waals surface area contributed by atoms with Crippen molar-refractivity contribution in [2.75, 3.05) is 7.11 Å². The van der Waals surface area contributed by atoms with Crippen LogP contribution in [-0.4, -0.2) is 28.2 Å². The minimum atomic E-state index is -0.977. The van der Waals surface area contributed by atoms with Crippen LogP contribution in [0.25, 0.3) is 22.7 Å². The minimum Gasteiger partial charge on any atom is -0.493 e. The standard InChI is InChI=1S/C25H18BrN3O4/c1-32-22-12-16(10-18(13-27)24-28-20-4-2-3-5-21(20)29-24)11-19(26)23(22)33-14-15-6-8-17(9-7-15)25(30)31/h2-12H,14H2,1H3,(H,28,29)(H,30,31)/b18-10+. The SMILES string of the molecule is COc1cc(/C=C(\C#N)c2nc3ccccc3[nH]2)cc(Br)c1OCc1ccc(C(=O)O)cc1. The van der Waals surface area contributed by atoms with E-state index in [-0.39, 0.29) is 12.2 Å². The number of benzene rings is 3. The number of imidazole rings is 1. The molecule has 0 amide bonds. The van der Waals surface area contributed by atoms with E-state index in [1.807, 2.05) is 30.3 Å². The number of rotatable bonds is 7. The highest BCUT2D eigenvalue weighted by molar-refractivity contribution is 9.10. The second-order valence-corrected chi connectivity index (χ2v) is 7.95. The number of carboxylic acid groups (broad SMARTS) is 1. The fourth-order valence-electron chi connectivity index (χ4n) is 3.26. The molecule has 1 aromatic heterocycles. The normalized spacial score (nSPS) is 11.2. The maximum atomic E-state index is 11.0. The monoisotopic (exact) mass is 503 g/mol. The number of fused-ring (bicyclic) bond motifs is 1. The van der Waals surface area contributed by atoms with Crippen LogP contribution in [0.15, 0.2) is 65.1 Å². The number of halogens is 1. The number of methoxy groups -OCH3 is 1. The molecular weight excluding hydrogens is 486 g/mol. The van der Waals surface area contributed by atoms with Crippen molar-refractivity contribution in [3.05, 3.63) is 87.7 Å². The zero-order chi connectivity index (χ0) is 23.4. The number of ether oxygens (including phenoxy) is 2. The number of para-hydroxylation sites is 2. The second kappa shape index (κ2) is 9.59. The van der Waals surface area contributed by atoms with Crippen LogP contribution < -0.4 is 9.47 Å². The number of nitrogens with one attached hydrogen (secondary N) is 1. The number of hydrogen-bond donors (Lipinski definition) is 2. The molecule has 7 nitrogen and oxygen atoms in total. The molecule has 0 atom stereocenters. The van der Waals surface area contributed by atoms with E-state index >= 15 is 0 Å². The smallest absolute Gasteiger partial charge is 0.335 e. The summed E-state index contributed by atoms with van der Waals surface area (Å²) in [6.45, 7) is 0.229. The summed E-state index contributed by atoms with van der Waals surface area (Å²) in [6.07, 6.45) is 1.72. The van der Waals surface area contributed by atoms with Gasteiger partial charge in [0.1, 0.15) is 18.5 Å². The summed E-state index contributed by atoms with van der Waals surface area (Å²) in [5, 5.41) is 18.7. The molecule has 8 heteroatoms. The molecule has 4 rings (SSSR count). The molecule has 0 fully saturated rings. The quantitative estimate of drug-likeness (QED) is 0.314. The third-order valence-corrected chi connectivity index (χ3v) is 5.50. The van der Waals surface area contributed by atoms with Gasteiger partial charge < -0.3 is 19.6 Å². The van der Waals surface area contributed by atoms with Crippen LogP contribution in [0.1, 0.15) is 27.3 Å². The number of allylic oxidation sites excluding steroid dienone is 1. The molecule has 0 saturated carbocycles. The lowest BCUT2D eigenvalue weighted by Crippen LogP contribution is -2.01. The molecule has 3 aromatic carbocycles. The van der Waals surface area contributed by atoms with Gasteiger partial charge in [0.05, 0.1) is 33.8 Å². The van der Waals surface area contributed by atoms with E-state index in [1.165, 1.54) is 19.2 Å². The Kier molecular flexibility index (Phi) is 6.43. The Morgan fingerprint density at radius 3 is 2.64 bits per heavy atom. The van der Waals surface area contributed by atoms with E-state index in [9.17, 15) is 10.1 Å². The lowest BCUT2D eigenvalue weighted by atomic mass is 10.1. The second-order valence-electron chi connectivity index (χ2n) is 7.10. The maximum absolute atomic E-state index is 11.0. The topological polar surface area (TPSA) is 108 Å². The Morgan fingerprint density at radius 1 is 1.21 bits per heavy atom. The molecule has 0 radical (unpaired) electrons. The molecule has 0 saturated heterocycles. The van der Waals surface area contributed by atoms with Gasteiger partial charge in [0, 0.05) is 0 Å². The van der Waals surface area contributed by atoms with Gasteiger partial charge in [0.2, 0.25) is 0 Å². The van der Waals surface area contributed by atoms with Crippen molar-refractivity contribution in [2.24, 2.45) is 0 Å². The van der Waals surface area contributed by atoms with Gasteiger partial charge in [0.25, 0.3) is 0 Å². The zero-order valence-electron chi connectivity index (χ0n) is 17.5. The number of carboxylic acids is 1. The number of hydrogen-bond acceptors (Lipinski definition) is 5. The van der Waals surface area contributed by atoms with Crippen LogP contribution in [0.2, 0.25) is 0 Å². The summed E-state index contributed by atoms with van der Waals surface area (Å²) in [5.41, 5.74) is 3.78. The average Bonchev–Trinajstić information content (AvgIpc) is 3.26. The first-order valence-corrected chi connectivity index (χ1v) is 10.7. The first kappa shape index (κ1) is 22.1. The van der Waals surface area contributed by atoms with E-state index in [0.717, 1.165) is 22.2 Å². The molecule has 2 N–H and O–H groups in total. The molecule has 33 heavy (non-hydrogen) atoms. The van der Waals surface area contributed by atoms with Crippen LogP contribution >= 0.6 is 15.9 Å². The summed E-state index contributed by atoms with van der Waals surface area (Å²) in [4.78, 5) is 18.7. The van der Waals surface area contributed by atoms with Crippen LogP contribution in [0.5, 0.6) is 11.5 Å². The van der Waals surface area contributed by atoms with Crippen LogP contribution in [0.4, 0.5) is 0 Å². The van der Waals surface area contributed by atoms with Crippen molar-refractivity contribution in [1.82, 2.24) is 9.97 Å². The van der Waals surface area contributed by atoms with Crippen LogP contribution in [0, 0.1) is 11.3 Å². The molecule has 0 aliphatic carbocycles. The van der Waals surface area contributed by atoms with Gasteiger partial charge in [0.15, 0.2) is 11.5 Å². The van der Waals surface area contributed by atoms with Gasteiger partial charge in [-0.05, 0) is 69.5 Å². The first-order chi connectivity index (χ1) is 16.0. The van der Waals surface area contributed by atoms with Gasteiger partial charge in [-0.25, -0.2) is 9.78 Å². The van der Waals surface area contributed by atoms with E-state index in [0.29, 0.717) is 27.4 Å². The summed E-state index contributed by atoms with van der Waals surface area (Å²) in [6, 6.07) is 19.8. The molecule has 0 bridgehead atoms. The van der Waals surface area contributed by atoms with E-state index < -0.39 is 5.97 Å². The number of carbonyl (C=O) groups is 1. The van der Waals surface area contributed by atoms with Crippen molar-refractivity contribution >= 4 is 44.6 Å². The van der Waals surface area contributed by atoms with E-state index in [2.05, 4.69) is 32.0 Å². The number of nitrogens with zero attached hydrogens (tertiary/aromatic N) is 2. The Morgan fingerprint density at radius 2 is 1.97 bits per heavy atom. The summed E-state index contributed by atoms with van der Waals surface area (Å²) >= 11 is 3.52. The number of nitriles is 1. The molecule has 1 heterocycles. The van der Waals surface area contributed by atoms with Crippen molar-refractivity contribution < 1.29 is 19.4 Å². The van der Waals surface area contributed by atoms with Crippen molar-refractivity contribution in [2.45, 2.75) is 6.61 Å². The lowest BCUT2D eigenvalue weighted by Gasteiger charge is -2.14. The van der Waals surface area contributed by atoms with Crippen LogP contribution in [0.3, 0.4) is 0 Å². The molecule has 0 aliphatic heterocycles. The third kappa shape index (κ3) is 4.89. The van der Waals surface area contributed by atoms with Gasteiger partial charge in [-0.15, -0.1) is 0 Å². The van der Waals surface area contributed by atoms with Crippen LogP contribution in [-0.2, 0) is 6.61 Å². The highest BCUT2D eigenvalue weighted by atomic mass is 79.9. The van der Waals surface area contributed by atoms with Gasteiger partial charge >= 0.3 is 5.97 Å². The number of aromatic amines is 1. The average molecular weight is 504 g/mol. The van der Waals surface area contributed by atoms with E-state index in [1.54, 1.807) is 24.3 Å². The molecule has 0 unspecified atom stereocenters. The van der Waals surface area contributed by atoms with Gasteiger partial charge in [-0.1, -0.05) is 24.3 Å². The van der Waals surface area contributed by atoms with Gasteiger partial charge in [-0.3, -0.25) is 0 Å². The predicted octanol–water partition coefficient (Wildman–Crippen LogP) is 5.68. The van der Waals surface area contributed by atoms with Crippen molar-refractivity contribution in [1.29, 1.82) is 5.26 Å². The maximum Gasteiger partial charge on any atom is 0.335 e. The number of aromatic nitrogens is 2. The lowest BCUT2D eigenvalue weighted by molar-refractivity contribution is 0.0697. The molecule has 0 spiro atoms. The molecule has 164 valence electrons. The fraction of sp³-hybridized carbons (Fsp3) is 0.0800. The van der Waals surface area contributed by atoms with Crippen molar-refractivity contribution in [3.8, 4) is 17.6 Å². The largest absolute Gasteiger partial charge is 0.493 e. The molecular formula is C25H18BrN3O4. The highest BCUT2D eigenvalue weighted by Gasteiger charge is 2.14. The molecule has 4 aromatic rings. The Bertz CT molecular complexity index is 1370. The third-order valence-electron chi connectivity index (χ3n) is 4.91. The summed E-state index contributed by atoms with van der Waals surface area (Å²) in [5.74, 6) is 0.493. The number of aromatic carboxylic acids is 1. The Balaban J connectivity index is 1.59. The Hall–Kier alpha value is -4.09. The zero-order valence-corrected chi connectivity index (χ0v) is 19.1. The van der Waals surface area contributed by atoms with Crippen molar-refractivity contribution in [3.63, 3.8) is 0 Å². The van der Waals surface area contributed by atoms with E-state index in [4.69, 9.17) is 14.6 Å². The molecule has 0 aliphatic rings. The highest BCUT2D eigenvalue weighted by Crippen LogP contribution is 2.38. The summed E-state index contributed by atoms with van der Waals surface area (Å²) < 4.78 is 12.1. The Labute approximate surface area is 198 Å². The first-order valence-electron chi connectivity index (χ1n) is 9.88. The predicted molar refractivity (Wildman–Crippen MR) is 128 cm³/mol. The minimum absolute atomic E-state index is 0.214. The number of H-pyrrole nitrogens is 1. The summed E-state index contributed by atoms with van der Waals surface area (Å²) in [7, 11) is 1.54. The fourth-order valence-corrected chi connectivity index (χ4v) is 3.84.